The van der Waals surface area contributed by atoms with Gasteiger partial charge < -0.3 is 10.6 Å². The first-order valence-corrected chi connectivity index (χ1v) is 17.6. The Hall–Kier alpha value is -3.65. The van der Waals surface area contributed by atoms with E-state index in [1.165, 1.54) is 69.3 Å². The summed E-state index contributed by atoms with van der Waals surface area (Å²) in [5.41, 5.74) is 0.294. The molecule has 2 amide bonds. The van der Waals surface area contributed by atoms with E-state index >= 15 is 0 Å². The second kappa shape index (κ2) is 13.1. The normalized spacial score (nSPS) is 17.7. The molecule has 0 bridgehead atoms. The van der Waals surface area contributed by atoms with Gasteiger partial charge in [-0.3, -0.25) is 9.59 Å². The van der Waals surface area contributed by atoms with Gasteiger partial charge >= 0.3 is 0 Å². The summed E-state index contributed by atoms with van der Waals surface area (Å²) in [5.74, 6) is 0.108. The fourth-order valence-corrected chi connectivity index (χ4v) is 8.33. The Morgan fingerprint density at radius 3 is 1.39 bits per heavy atom. The van der Waals surface area contributed by atoms with Crippen molar-refractivity contribution in [1.29, 1.82) is 0 Å². The third kappa shape index (κ3) is 7.17. The van der Waals surface area contributed by atoms with E-state index in [2.05, 4.69) is 29.5 Å². The molecule has 0 atom stereocenters. The Morgan fingerprint density at radius 1 is 0.636 bits per heavy atom. The van der Waals surface area contributed by atoms with Crippen molar-refractivity contribution in [2.24, 2.45) is 11.8 Å². The molecule has 1 aromatic heterocycles. The number of piperidine rings is 2. The summed E-state index contributed by atoms with van der Waals surface area (Å²) in [6, 6.07) is 16.4. The van der Waals surface area contributed by atoms with E-state index in [0.29, 0.717) is 38.0 Å². The van der Waals surface area contributed by atoms with Gasteiger partial charge in [-0.05, 0) is 86.1 Å². The molecule has 3 aromatic rings. The zero-order valence-electron chi connectivity index (χ0n) is 24.8. The van der Waals surface area contributed by atoms with Crippen LogP contribution < -0.4 is 10.6 Å². The summed E-state index contributed by atoms with van der Waals surface area (Å²) in [4.78, 5) is 30.5. The minimum absolute atomic E-state index is 0.0489. The molecule has 0 radical (unpaired) electrons. The number of nitrogens with zero attached hydrogens (tertiary/aromatic N) is 3. The Labute approximate surface area is 258 Å². The number of nitrogens with one attached hydrogen (secondary N) is 2. The molecule has 0 spiro atoms. The molecule has 44 heavy (non-hydrogen) atoms. The highest BCUT2D eigenvalue weighted by Crippen LogP contribution is 2.26. The molecule has 0 saturated carbocycles. The van der Waals surface area contributed by atoms with Gasteiger partial charge in [-0.25, -0.2) is 21.8 Å². The summed E-state index contributed by atoms with van der Waals surface area (Å²) < 4.78 is 55.6. The number of pyridine rings is 1. The van der Waals surface area contributed by atoms with Crippen molar-refractivity contribution in [2.45, 2.75) is 49.3 Å². The third-order valence-corrected chi connectivity index (χ3v) is 12.0. The molecule has 2 aliphatic rings. The number of carbonyl (C=O) groups is 2. The van der Waals surface area contributed by atoms with Crippen LogP contribution in [-0.4, -0.2) is 68.4 Å². The van der Waals surface area contributed by atoms with Gasteiger partial charge in [-0.2, -0.15) is 8.61 Å². The number of anilines is 2. The van der Waals surface area contributed by atoms with E-state index in [0.717, 1.165) is 25.7 Å². The third-order valence-electron chi connectivity index (χ3n) is 8.19. The van der Waals surface area contributed by atoms with Crippen molar-refractivity contribution in [3.63, 3.8) is 0 Å². The Bertz CT molecular complexity index is 1620. The highest BCUT2D eigenvalue weighted by Gasteiger charge is 2.30. The second-order valence-corrected chi connectivity index (χ2v) is 15.4. The van der Waals surface area contributed by atoms with Crippen LogP contribution >= 0.6 is 0 Å². The van der Waals surface area contributed by atoms with E-state index in [4.69, 9.17) is 0 Å². The predicted molar refractivity (Wildman–Crippen MR) is 167 cm³/mol. The SMILES string of the molecule is CC1CCN(S(=O)(=O)c2cccc(C(=O)Nc3cccc(NC(=O)c4cccc(S(=O)(=O)N5CCC(C)CC5)c4)n3)c2)CC1. The lowest BCUT2D eigenvalue weighted by molar-refractivity contribution is 0.101. The van der Waals surface area contributed by atoms with Crippen LogP contribution in [0.1, 0.15) is 60.2 Å². The largest absolute Gasteiger partial charge is 0.306 e. The standard InChI is InChI=1S/C31H37N5O6S2/c1-22-12-16-35(17-13-22)43(39,40)26-8-3-6-24(20-26)30(37)33-28-10-5-11-29(32-28)34-31(38)25-7-4-9-27(21-25)44(41,42)36-18-14-23(2)15-19-36/h3-11,20-23H,12-19H2,1-2H3,(H2,32,33,34,37,38). The zero-order chi connectivity index (χ0) is 31.5. The van der Waals surface area contributed by atoms with Crippen LogP contribution in [0.3, 0.4) is 0 Å². The first-order valence-electron chi connectivity index (χ1n) is 14.7. The Morgan fingerprint density at radius 2 is 1.00 bits per heavy atom. The second-order valence-electron chi connectivity index (χ2n) is 11.5. The fourth-order valence-electron chi connectivity index (χ4n) is 5.30. The average Bonchev–Trinajstić information content (AvgIpc) is 3.02. The number of sulfonamides is 2. The van der Waals surface area contributed by atoms with Crippen molar-refractivity contribution in [2.75, 3.05) is 36.8 Å². The lowest BCUT2D eigenvalue weighted by Crippen LogP contribution is -2.37. The van der Waals surface area contributed by atoms with Gasteiger partial charge in [0.05, 0.1) is 9.79 Å². The maximum atomic E-state index is 13.2. The van der Waals surface area contributed by atoms with Crippen molar-refractivity contribution in [1.82, 2.24) is 13.6 Å². The maximum absolute atomic E-state index is 13.2. The van der Waals surface area contributed by atoms with Crippen LogP contribution in [0.15, 0.2) is 76.5 Å². The molecule has 0 aliphatic carbocycles. The average molecular weight is 640 g/mol. The minimum atomic E-state index is -3.73. The van der Waals surface area contributed by atoms with Crippen LogP contribution in [0.4, 0.5) is 11.6 Å². The van der Waals surface area contributed by atoms with E-state index in [1.807, 2.05) is 0 Å². The molecule has 2 fully saturated rings. The first kappa shape index (κ1) is 31.8. The summed E-state index contributed by atoms with van der Waals surface area (Å²) in [6.07, 6.45) is 3.17. The molecular weight excluding hydrogens is 603 g/mol. The van der Waals surface area contributed by atoms with E-state index in [9.17, 15) is 26.4 Å². The molecule has 3 heterocycles. The topological polar surface area (TPSA) is 146 Å². The summed E-state index contributed by atoms with van der Waals surface area (Å²) in [5, 5.41) is 5.30. The van der Waals surface area contributed by atoms with Crippen LogP contribution in [0.2, 0.25) is 0 Å². The number of amides is 2. The first-order chi connectivity index (χ1) is 20.9. The van der Waals surface area contributed by atoms with Crippen molar-refractivity contribution in [3.05, 3.63) is 77.9 Å². The number of hydrogen-bond acceptors (Lipinski definition) is 7. The lowest BCUT2D eigenvalue weighted by Gasteiger charge is -2.29. The van der Waals surface area contributed by atoms with Gasteiger partial charge in [-0.1, -0.05) is 32.0 Å². The van der Waals surface area contributed by atoms with Crippen LogP contribution in [0, 0.1) is 11.8 Å². The lowest BCUT2D eigenvalue weighted by atomic mass is 10.0. The number of aromatic nitrogens is 1. The molecule has 2 aliphatic heterocycles. The van der Waals surface area contributed by atoms with Gasteiger partial charge in [0, 0.05) is 37.3 Å². The van der Waals surface area contributed by atoms with Crippen LogP contribution in [0.5, 0.6) is 0 Å². The van der Waals surface area contributed by atoms with E-state index in [-0.39, 0.29) is 32.6 Å². The number of hydrogen-bond donors (Lipinski definition) is 2. The van der Waals surface area contributed by atoms with Gasteiger partial charge in [0.25, 0.3) is 11.8 Å². The van der Waals surface area contributed by atoms with Crippen molar-refractivity contribution in [3.8, 4) is 0 Å². The van der Waals surface area contributed by atoms with Gasteiger partial charge in [-0.15, -0.1) is 0 Å². The molecule has 2 saturated heterocycles. The molecule has 11 nitrogen and oxygen atoms in total. The Balaban J connectivity index is 1.25. The predicted octanol–water partition coefficient (Wildman–Crippen LogP) is 4.43. The quantitative estimate of drug-likeness (QED) is 0.371. The number of carbonyl (C=O) groups excluding carboxylic acids is 2. The van der Waals surface area contributed by atoms with E-state index in [1.54, 1.807) is 6.07 Å². The summed E-state index contributed by atoms with van der Waals surface area (Å²) in [6.45, 7) is 5.98. The molecule has 2 aromatic carbocycles. The Kier molecular flexibility index (Phi) is 9.49. The zero-order valence-corrected chi connectivity index (χ0v) is 26.4. The van der Waals surface area contributed by atoms with Crippen molar-refractivity contribution < 1.29 is 26.4 Å². The fraction of sp³-hybridized carbons (Fsp3) is 0.387. The highest BCUT2D eigenvalue weighted by atomic mass is 32.2. The van der Waals surface area contributed by atoms with E-state index < -0.39 is 31.9 Å². The smallest absolute Gasteiger partial charge is 0.256 e. The summed E-state index contributed by atoms with van der Waals surface area (Å²) in [7, 11) is -7.46. The molecule has 0 unspecified atom stereocenters. The van der Waals surface area contributed by atoms with Crippen LogP contribution in [0.25, 0.3) is 0 Å². The molecular formula is C31H37N5O6S2. The molecule has 5 rings (SSSR count). The van der Waals surface area contributed by atoms with Gasteiger partial charge in [0.1, 0.15) is 11.6 Å². The van der Waals surface area contributed by atoms with Gasteiger partial charge in [0.2, 0.25) is 20.0 Å². The number of rotatable bonds is 8. The minimum Gasteiger partial charge on any atom is -0.306 e. The molecule has 234 valence electrons. The number of benzene rings is 2. The van der Waals surface area contributed by atoms with Gasteiger partial charge in [0.15, 0.2) is 0 Å². The summed E-state index contributed by atoms with van der Waals surface area (Å²) >= 11 is 0. The van der Waals surface area contributed by atoms with Crippen molar-refractivity contribution >= 4 is 43.5 Å². The molecule has 2 N–H and O–H groups in total. The highest BCUT2D eigenvalue weighted by molar-refractivity contribution is 7.89. The monoisotopic (exact) mass is 639 g/mol. The molecule has 13 heteroatoms. The maximum Gasteiger partial charge on any atom is 0.256 e. The van der Waals surface area contributed by atoms with Crippen LogP contribution in [-0.2, 0) is 20.0 Å².